The summed E-state index contributed by atoms with van der Waals surface area (Å²) in [4.78, 5) is 28.6. The lowest BCUT2D eigenvalue weighted by atomic mass is 10.1. The van der Waals surface area contributed by atoms with E-state index in [0.29, 0.717) is 12.1 Å². The summed E-state index contributed by atoms with van der Waals surface area (Å²) in [5.74, 6) is 0.227. The third-order valence-electron chi connectivity index (χ3n) is 5.49. The van der Waals surface area contributed by atoms with Crippen LogP contribution in [0.1, 0.15) is 42.1 Å². The molecular weight excluding hydrogens is 326 g/mol. The minimum atomic E-state index is 0. The molecule has 2 fully saturated rings. The second-order valence-electron chi connectivity index (χ2n) is 6.85. The summed E-state index contributed by atoms with van der Waals surface area (Å²) in [6.45, 7) is 4.23. The lowest BCUT2D eigenvalue weighted by Crippen LogP contribution is -2.42. The van der Waals surface area contributed by atoms with Gasteiger partial charge in [-0.2, -0.15) is 0 Å². The van der Waals surface area contributed by atoms with Crippen LogP contribution in [0, 0.1) is 0 Å². The number of rotatable bonds is 1. The number of amides is 2. The Balaban J connectivity index is 0.00000169. The third kappa shape index (κ3) is 2.80. The molecular formula is C18H24ClN3O2. The van der Waals surface area contributed by atoms with Crippen LogP contribution in [0.25, 0.3) is 0 Å². The van der Waals surface area contributed by atoms with Crippen molar-refractivity contribution in [1.29, 1.82) is 0 Å². The fourth-order valence-corrected chi connectivity index (χ4v) is 4.32. The minimum absolute atomic E-state index is 0. The van der Waals surface area contributed by atoms with Gasteiger partial charge < -0.3 is 15.1 Å². The van der Waals surface area contributed by atoms with E-state index >= 15 is 0 Å². The number of halogens is 1. The Morgan fingerprint density at radius 2 is 1.96 bits per heavy atom. The molecule has 1 N–H and O–H groups in total. The van der Waals surface area contributed by atoms with Gasteiger partial charge in [0.1, 0.15) is 0 Å². The molecule has 3 aliphatic rings. The van der Waals surface area contributed by atoms with E-state index in [9.17, 15) is 9.59 Å². The van der Waals surface area contributed by atoms with Crippen LogP contribution in [0.3, 0.4) is 0 Å². The van der Waals surface area contributed by atoms with Crippen LogP contribution < -0.4 is 10.2 Å². The van der Waals surface area contributed by atoms with Crippen LogP contribution in [-0.2, 0) is 11.2 Å². The SMILES string of the molecule is CC(=O)N1CCc2cc(C(=O)N3C4CCNCC3CC4)ccc21.Cl. The number of benzene rings is 1. The molecule has 3 heterocycles. The number of carbonyl (C=O) groups excluding carboxylic acids is 2. The molecule has 0 aliphatic carbocycles. The van der Waals surface area contributed by atoms with E-state index in [4.69, 9.17) is 0 Å². The quantitative estimate of drug-likeness (QED) is 0.843. The van der Waals surface area contributed by atoms with Crippen LogP contribution in [0.2, 0.25) is 0 Å². The van der Waals surface area contributed by atoms with Gasteiger partial charge in [0.2, 0.25) is 5.91 Å². The molecule has 1 aromatic carbocycles. The number of nitrogens with one attached hydrogen (secondary N) is 1. The van der Waals surface area contributed by atoms with E-state index in [1.54, 1.807) is 11.8 Å². The predicted octanol–water partition coefficient (Wildman–Crippen LogP) is 1.98. The Morgan fingerprint density at radius 3 is 2.75 bits per heavy atom. The predicted molar refractivity (Wildman–Crippen MR) is 95.9 cm³/mol. The zero-order chi connectivity index (χ0) is 16.0. The summed E-state index contributed by atoms with van der Waals surface area (Å²) in [6, 6.07) is 6.54. The summed E-state index contributed by atoms with van der Waals surface area (Å²) in [5.41, 5.74) is 2.86. The third-order valence-corrected chi connectivity index (χ3v) is 5.49. The molecule has 1 aromatic rings. The molecule has 2 unspecified atom stereocenters. The Hall–Kier alpha value is -1.59. The van der Waals surface area contributed by atoms with E-state index in [-0.39, 0.29) is 24.2 Å². The van der Waals surface area contributed by atoms with Gasteiger partial charge in [0.25, 0.3) is 5.91 Å². The lowest BCUT2D eigenvalue weighted by molar-refractivity contribution is -0.116. The molecule has 0 saturated carbocycles. The number of anilines is 1. The zero-order valence-corrected chi connectivity index (χ0v) is 14.8. The van der Waals surface area contributed by atoms with Gasteiger partial charge in [-0.25, -0.2) is 0 Å². The second kappa shape index (κ2) is 6.73. The summed E-state index contributed by atoms with van der Waals surface area (Å²) < 4.78 is 0. The highest BCUT2D eigenvalue weighted by Crippen LogP contribution is 2.32. The van der Waals surface area contributed by atoms with Gasteiger partial charge >= 0.3 is 0 Å². The Morgan fingerprint density at radius 1 is 1.17 bits per heavy atom. The fraction of sp³-hybridized carbons (Fsp3) is 0.556. The number of fused-ring (bicyclic) bond motifs is 3. The normalized spacial score (nSPS) is 25.0. The Bertz CT molecular complexity index is 650. The zero-order valence-electron chi connectivity index (χ0n) is 14.0. The van der Waals surface area contributed by atoms with E-state index in [1.807, 2.05) is 18.2 Å². The van der Waals surface area contributed by atoms with Crippen LogP contribution in [0.15, 0.2) is 18.2 Å². The standard InChI is InChI=1S/C18H23N3O2.ClH/c1-12(22)20-9-7-13-10-14(2-5-17(13)20)18(23)21-15-3-4-16(21)11-19-8-6-15;/h2,5,10,15-16,19H,3-4,6-9,11H2,1H3;1H. The van der Waals surface area contributed by atoms with Crippen LogP contribution in [0.4, 0.5) is 5.69 Å². The van der Waals surface area contributed by atoms with Crippen LogP contribution >= 0.6 is 12.4 Å². The van der Waals surface area contributed by atoms with Gasteiger partial charge in [-0.15, -0.1) is 12.4 Å². The number of hydrogen-bond donors (Lipinski definition) is 1. The van der Waals surface area contributed by atoms with E-state index in [2.05, 4.69) is 10.2 Å². The molecule has 2 bridgehead atoms. The first-order valence-electron chi connectivity index (χ1n) is 8.59. The van der Waals surface area contributed by atoms with Crippen molar-refractivity contribution in [2.75, 3.05) is 24.5 Å². The average molecular weight is 350 g/mol. The maximum Gasteiger partial charge on any atom is 0.254 e. The molecule has 2 amide bonds. The highest BCUT2D eigenvalue weighted by molar-refractivity contribution is 5.98. The van der Waals surface area contributed by atoms with Crippen molar-refractivity contribution in [3.63, 3.8) is 0 Å². The summed E-state index contributed by atoms with van der Waals surface area (Å²) >= 11 is 0. The number of nitrogens with zero attached hydrogens (tertiary/aromatic N) is 2. The van der Waals surface area contributed by atoms with Gasteiger partial charge in [-0.05, 0) is 56.0 Å². The van der Waals surface area contributed by atoms with E-state index < -0.39 is 0 Å². The van der Waals surface area contributed by atoms with Crippen molar-refractivity contribution in [1.82, 2.24) is 10.2 Å². The van der Waals surface area contributed by atoms with Gasteiger partial charge in [0.15, 0.2) is 0 Å². The monoisotopic (exact) mass is 349 g/mol. The highest BCUT2D eigenvalue weighted by atomic mass is 35.5. The molecule has 0 spiro atoms. The molecule has 24 heavy (non-hydrogen) atoms. The van der Waals surface area contributed by atoms with Gasteiger partial charge in [0, 0.05) is 43.3 Å². The van der Waals surface area contributed by atoms with Gasteiger partial charge in [0.05, 0.1) is 0 Å². The highest BCUT2D eigenvalue weighted by Gasteiger charge is 2.38. The Labute approximate surface area is 148 Å². The minimum Gasteiger partial charge on any atom is -0.331 e. The summed E-state index contributed by atoms with van der Waals surface area (Å²) in [7, 11) is 0. The first kappa shape index (κ1) is 17.2. The molecule has 130 valence electrons. The average Bonchev–Trinajstić information content (AvgIpc) is 3.05. The van der Waals surface area contributed by atoms with Crippen molar-refractivity contribution < 1.29 is 9.59 Å². The van der Waals surface area contributed by atoms with Crippen LogP contribution in [0.5, 0.6) is 0 Å². The fourth-order valence-electron chi connectivity index (χ4n) is 4.32. The van der Waals surface area contributed by atoms with Crippen molar-refractivity contribution in [2.24, 2.45) is 0 Å². The number of carbonyl (C=O) groups is 2. The maximum atomic E-state index is 13.0. The van der Waals surface area contributed by atoms with Gasteiger partial charge in [-0.3, -0.25) is 9.59 Å². The smallest absolute Gasteiger partial charge is 0.254 e. The summed E-state index contributed by atoms with van der Waals surface area (Å²) in [6.07, 6.45) is 4.11. The molecule has 2 saturated heterocycles. The molecule has 2 atom stereocenters. The van der Waals surface area contributed by atoms with Crippen molar-refractivity contribution >= 4 is 29.9 Å². The van der Waals surface area contributed by atoms with Crippen molar-refractivity contribution in [3.05, 3.63) is 29.3 Å². The van der Waals surface area contributed by atoms with Crippen LogP contribution in [-0.4, -0.2) is 48.4 Å². The molecule has 0 radical (unpaired) electrons. The van der Waals surface area contributed by atoms with E-state index in [0.717, 1.165) is 62.1 Å². The maximum absolute atomic E-state index is 13.0. The molecule has 5 nitrogen and oxygen atoms in total. The van der Waals surface area contributed by atoms with Crippen molar-refractivity contribution in [3.8, 4) is 0 Å². The number of hydrogen-bond acceptors (Lipinski definition) is 3. The molecule has 0 aromatic heterocycles. The molecule has 6 heteroatoms. The van der Waals surface area contributed by atoms with E-state index in [1.165, 1.54) is 0 Å². The first-order chi connectivity index (χ1) is 11.1. The molecule has 3 aliphatic heterocycles. The van der Waals surface area contributed by atoms with Gasteiger partial charge in [-0.1, -0.05) is 0 Å². The molecule has 4 rings (SSSR count). The Kier molecular flexibility index (Phi) is 4.83. The van der Waals surface area contributed by atoms with Crippen molar-refractivity contribution in [2.45, 2.75) is 44.7 Å². The second-order valence-corrected chi connectivity index (χ2v) is 6.85. The topological polar surface area (TPSA) is 52.7 Å². The summed E-state index contributed by atoms with van der Waals surface area (Å²) in [5, 5.41) is 3.44. The largest absolute Gasteiger partial charge is 0.331 e. The first-order valence-corrected chi connectivity index (χ1v) is 8.59. The lowest BCUT2D eigenvalue weighted by Gasteiger charge is -2.28.